The predicted molar refractivity (Wildman–Crippen MR) is 116 cm³/mol. The molecule has 0 atom stereocenters. The highest BCUT2D eigenvalue weighted by Gasteiger charge is 2.10. The van der Waals surface area contributed by atoms with Gasteiger partial charge in [0.25, 0.3) is 0 Å². The molecule has 0 fully saturated rings. The Labute approximate surface area is 176 Å². The van der Waals surface area contributed by atoms with Crippen LogP contribution >= 0.6 is 0 Å². The van der Waals surface area contributed by atoms with Gasteiger partial charge in [-0.15, -0.1) is 0 Å². The Morgan fingerprint density at radius 1 is 0.733 bits per heavy atom. The van der Waals surface area contributed by atoms with Crippen molar-refractivity contribution in [3.63, 3.8) is 0 Å². The van der Waals surface area contributed by atoms with Gasteiger partial charge in [0.2, 0.25) is 0 Å². The SMILES string of the molecule is CCCCCCCc1ccc(-c2ccc(-c3ccc(OC(F)F)cc3F)cc2)cc1. The number of ether oxygens (including phenoxy) is 1. The second kappa shape index (κ2) is 10.9. The van der Waals surface area contributed by atoms with Gasteiger partial charge in [-0.25, -0.2) is 4.39 Å². The van der Waals surface area contributed by atoms with Gasteiger partial charge in [-0.1, -0.05) is 81.1 Å². The van der Waals surface area contributed by atoms with Crippen LogP contribution in [0.4, 0.5) is 13.2 Å². The molecular weight excluding hydrogens is 385 g/mol. The van der Waals surface area contributed by atoms with Gasteiger partial charge in [0.1, 0.15) is 11.6 Å². The van der Waals surface area contributed by atoms with Crippen molar-refractivity contribution in [2.24, 2.45) is 0 Å². The second-order valence-electron chi connectivity index (χ2n) is 7.46. The first-order valence-electron chi connectivity index (χ1n) is 10.5. The summed E-state index contributed by atoms with van der Waals surface area (Å²) in [5.41, 5.74) is 4.54. The molecule has 0 saturated carbocycles. The minimum Gasteiger partial charge on any atom is -0.435 e. The number of alkyl halides is 2. The zero-order valence-electron chi connectivity index (χ0n) is 17.2. The van der Waals surface area contributed by atoms with Crippen LogP contribution in [0.25, 0.3) is 22.3 Å². The van der Waals surface area contributed by atoms with E-state index in [9.17, 15) is 13.2 Å². The van der Waals surface area contributed by atoms with Crippen molar-refractivity contribution in [1.29, 1.82) is 0 Å². The van der Waals surface area contributed by atoms with Gasteiger partial charge in [0.05, 0.1) is 0 Å². The normalized spacial score (nSPS) is 11.1. The lowest BCUT2D eigenvalue weighted by Gasteiger charge is -2.09. The molecule has 0 heterocycles. The largest absolute Gasteiger partial charge is 0.435 e. The number of aryl methyl sites for hydroxylation is 1. The Kier molecular flexibility index (Phi) is 7.95. The van der Waals surface area contributed by atoms with E-state index in [0.29, 0.717) is 11.1 Å². The van der Waals surface area contributed by atoms with E-state index >= 15 is 0 Å². The highest BCUT2D eigenvalue weighted by Crippen LogP contribution is 2.29. The number of unbranched alkanes of at least 4 members (excludes halogenated alkanes) is 4. The first-order valence-corrected chi connectivity index (χ1v) is 10.5. The van der Waals surface area contributed by atoms with E-state index in [1.165, 1.54) is 49.8 Å². The van der Waals surface area contributed by atoms with Crippen LogP contribution in [-0.4, -0.2) is 6.61 Å². The molecule has 0 bridgehead atoms. The van der Waals surface area contributed by atoms with Crippen molar-refractivity contribution >= 4 is 0 Å². The molecule has 0 aliphatic carbocycles. The van der Waals surface area contributed by atoms with Crippen LogP contribution in [0.1, 0.15) is 44.6 Å². The van der Waals surface area contributed by atoms with Crippen molar-refractivity contribution in [1.82, 2.24) is 0 Å². The summed E-state index contributed by atoms with van der Waals surface area (Å²) in [6.45, 7) is -0.745. The monoisotopic (exact) mass is 412 g/mol. The minimum absolute atomic E-state index is 0.187. The van der Waals surface area contributed by atoms with E-state index in [1.807, 2.05) is 24.3 Å². The van der Waals surface area contributed by atoms with Crippen molar-refractivity contribution in [3.05, 3.63) is 78.1 Å². The van der Waals surface area contributed by atoms with E-state index in [1.54, 1.807) is 0 Å². The van der Waals surface area contributed by atoms with Crippen molar-refractivity contribution in [2.45, 2.75) is 52.1 Å². The predicted octanol–water partition coefficient (Wildman–Crippen LogP) is 8.27. The van der Waals surface area contributed by atoms with Gasteiger partial charge >= 0.3 is 6.61 Å². The molecule has 0 aliphatic rings. The maximum Gasteiger partial charge on any atom is 0.387 e. The fourth-order valence-electron chi connectivity index (χ4n) is 3.54. The summed E-state index contributed by atoms with van der Waals surface area (Å²) >= 11 is 0. The Balaban J connectivity index is 1.64. The molecule has 30 heavy (non-hydrogen) atoms. The lowest BCUT2D eigenvalue weighted by atomic mass is 9.98. The van der Waals surface area contributed by atoms with Crippen LogP contribution in [0.15, 0.2) is 66.7 Å². The third kappa shape index (κ3) is 6.12. The average molecular weight is 412 g/mol. The molecule has 0 unspecified atom stereocenters. The zero-order valence-corrected chi connectivity index (χ0v) is 17.2. The van der Waals surface area contributed by atoms with Crippen LogP contribution < -0.4 is 4.74 Å². The van der Waals surface area contributed by atoms with E-state index < -0.39 is 12.4 Å². The second-order valence-corrected chi connectivity index (χ2v) is 7.46. The standard InChI is InChI=1S/C26H27F3O/c1-2-3-4-5-6-7-19-8-10-20(11-9-19)21-12-14-22(15-13-21)24-17-16-23(18-25(24)27)30-26(28)29/h8-18,26H,2-7H2,1H3. The molecule has 3 aromatic carbocycles. The molecular formula is C26H27F3O. The summed E-state index contributed by atoms with van der Waals surface area (Å²) in [6, 6.07) is 19.9. The summed E-state index contributed by atoms with van der Waals surface area (Å²) in [5, 5.41) is 0. The molecule has 1 nitrogen and oxygen atoms in total. The Bertz CT molecular complexity index is 918. The number of rotatable bonds is 10. The third-order valence-corrected chi connectivity index (χ3v) is 5.22. The van der Waals surface area contributed by atoms with Gasteiger partial charge in [-0.3, -0.25) is 0 Å². The molecule has 0 spiro atoms. The van der Waals surface area contributed by atoms with Gasteiger partial charge in [0.15, 0.2) is 0 Å². The number of hydrogen-bond acceptors (Lipinski definition) is 1. The molecule has 0 saturated heterocycles. The summed E-state index contributed by atoms with van der Waals surface area (Å²) in [7, 11) is 0. The van der Waals surface area contributed by atoms with Crippen molar-refractivity contribution in [3.8, 4) is 28.0 Å². The first kappa shape index (κ1) is 21.9. The van der Waals surface area contributed by atoms with Gasteiger partial charge < -0.3 is 4.74 Å². The van der Waals surface area contributed by atoms with E-state index in [4.69, 9.17) is 0 Å². The average Bonchev–Trinajstić information content (AvgIpc) is 2.74. The molecule has 0 radical (unpaired) electrons. The fraction of sp³-hybridized carbons (Fsp3) is 0.308. The fourth-order valence-corrected chi connectivity index (χ4v) is 3.54. The van der Waals surface area contributed by atoms with E-state index in [2.05, 4.69) is 35.9 Å². The topological polar surface area (TPSA) is 9.23 Å². The van der Waals surface area contributed by atoms with Crippen LogP contribution in [0.2, 0.25) is 0 Å². The summed E-state index contributed by atoms with van der Waals surface area (Å²) in [5.74, 6) is -0.780. The molecule has 0 amide bonds. The zero-order chi connectivity index (χ0) is 21.3. The maximum absolute atomic E-state index is 14.3. The lowest BCUT2D eigenvalue weighted by molar-refractivity contribution is -0.0499. The quantitative estimate of drug-likeness (QED) is 0.304. The molecule has 0 N–H and O–H groups in total. The van der Waals surface area contributed by atoms with Crippen molar-refractivity contribution < 1.29 is 17.9 Å². The maximum atomic E-state index is 14.3. The number of hydrogen-bond donors (Lipinski definition) is 0. The Morgan fingerprint density at radius 2 is 1.33 bits per heavy atom. The van der Waals surface area contributed by atoms with E-state index in [0.717, 1.165) is 23.6 Å². The molecule has 3 rings (SSSR count). The molecule has 158 valence electrons. The number of halogens is 3. The summed E-state index contributed by atoms with van der Waals surface area (Å²) in [6.07, 6.45) is 7.49. The number of benzene rings is 3. The Morgan fingerprint density at radius 3 is 1.93 bits per heavy atom. The van der Waals surface area contributed by atoms with Crippen LogP contribution in [0, 0.1) is 5.82 Å². The molecule has 0 aromatic heterocycles. The summed E-state index contributed by atoms with van der Waals surface area (Å²) in [4.78, 5) is 0. The van der Waals surface area contributed by atoms with Crippen molar-refractivity contribution in [2.75, 3.05) is 0 Å². The highest BCUT2D eigenvalue weighted by atomic mass is 19.3. The first-order chi connectivity index (χ1) is 14.6. The van der Waals surface area contributed by atoms with Crippen LogP contribution in [0.5, 0.6) is 5.75 Å². The van der Waals surface area contributed by atoms with Crippen LogP contribution in [-0.2, 0) is 6.42 Å². The molecule has 3 aromatic rings. The van der Waals surface area contributed by atoms with Gasteiger partial charge in [0, 0.05) is 11.6 Å². The smallest absolute Gasteiger partial charge is 0.387 e. The van der Waals surface area contributed by atoms with E-state index in [-0.39, 0.29) is 5.75 Å². The molecule has 0 aliphatic heterocycles. The van der Waals surface area contributed by atoms with Crippen LogP contribution in [0.3, 0.4) is 0 Å². The third-order valence-electron chi connectivity index (χ3n) is 5.22. The van der Waals surface area contributed by atoms with Gasteiger partial charge in [-0.2, -0.15) is 8.78 Å². The highest BCUT2D eigenvalue weighted by molar-refractivity contribution is 5.71. The minimum atomic E-state index is -2.97. The lowest BCUT2D eigenvalue weighted by Crippen LogP contribution is -2.02. The summed E-state index contributed by atoms with van der Waals surface area (Å²) < 4.78 is 43.1. The molecule has 4 heteroatoms. The van der Waals surface area contributed by atoms with Gasteiger partial charge in [-0.05, 0) is 47.2 Å². The Hall–Kier alpha value is -2.75.